The highest BCUT2D eigenvalue weighted by Gasteiger charge is 2.17. The molecular formula is C18H20N6O. The van der Waals surface area contributed by atoms with Gasteiger partial charge in [0.25, 0.3) is 0 Å². The maximum absolute atomic E-state index is 12.5. The fourth-order valence-corrected chi connectivity index (χ4v) is 2.44. The summed E-state index contributed by atoms with van der Waals surface area (Å²) in [4.78, 5) is 22.6. The molecule has 0 radical (unpaired) electrons. The average molecular weight is 336 g/mol. The molecular weight excluding hydrogens is 316 g/mol. The molecule has 0 bridgehead atoms. The molecule has 1 atom stereocenters. The van der Waals surface area contributed by atoms with E-state index in [0.717, 1.165) is 17.0 Å². The Bertz CT molecular complexity index is 861. The molecule has 3 rings (SSSR count). The molecule has 0 unspecified atom stereocenters. The minimum Gasteiger partial charge on any atom is -0.321 e. The number of carbonyl (C=O) groups excluding carboxylic acids is 1. The fourth-order valence-electron chi connectivity index (χ4n) is 2.44. The summed E-state index contributed by atoms with van der Waals surface area (Å²) in [6.45, 7) is 3.81. The zero-order valence-corrected chi connectivity index (χ0v) is 14.4. The monoisotopic (exact) mass is 336 g/mol. The second kappa shape index (κ2) is 7.12. The van der Waals surface area contributed by atoms with Gasteiger partial charge in [-0.15, -0.1) is 0 Å². The van der Waals surface area contributed by atoms with E-state index in [-0.39, 0.29) is 12.1 Å². The van der Waals surface area contributed by atoms with E-state index in [2.05, 4.69) is 25.5 Å². The van der Waals surface area contributed by atoms with Gasteiger partial charge in [-0.3, -0.25) is 10.1 Å². The van der Waals surface area contributed by atoms with Crippen molar-refractivity contribution in [2.45, 2.75) is 19.9 Å². The quantitative estimate of drug-likeness (QED) is 0.764. The molecule has 2 amide bonds. The summed E-state index contributed by atoms with van der Waals surface area (Å²) in [5, 5.41) is 9.87. The van der Waals surface area contributed by atoms with Crippen molar-refractivity contribution in [2.24, 2.45) is 0 Å². The number of pyridine rings is 1. The SMILES string of the molecule is Cc1nc(-c2cccc(NC(=O)N(C)[C@H](C)c3cccnc3)c2)n[nH]1. The first-order valence-corrected chi connectivity index (χ1v) is 7.98. The Balaban J connectivity index is 1.72. The third-order valence-corrected chi connectivity index (χ3v) is 4.04. The highest BCUT2D eigenvalue weighted by atomic mass is 16.2. The van der Waals surface area contributed by atoms with Crippen molar-refractivity contribution in [1.29, 1.82) is 0 Å². The van der Waals surface area contributed by atoms with Crippen LogP contribution in [-0.2, 0) is 0 Å². The number of H-pyrrole nitrogens is 1. The molecule has 0 aliphatic carbocycles. The summed E-state index contributed by atoms with van der Waals surface area (Å²) >= 11 is 0. The number of urea groups is 1. The van der Waals surface area contributed by atoms with E-state index in [9.17, 15) is 4.79 Å². The molecule has 7 nitrogen and oxygen atoms in total. The van der Waals surface area contributed by atoms with Crippen LogP contribution in [0.2, 0.25) is 0 Å². The number of aryl methyl sites for hydroxylation is 1. The number of aromatic amines is 1. The molecule has 2 N–H and O–H groups in total. The summed E-state index contributed by atoms with van der Waals surface area (Å²) < 4.78 is 0. The lowest BCUT2D eigenvalue weighted by atomic mass is 10.1. The number of hydrogen-bond acceptors (Lipinski definition) is 4. The smallest absolute Gasteiger partial charge is 0.321 e. The van der Waals surface area contributed by atoms with Crippen LogP contribution in [0.4, 0.5) is 10.5 Å². The molecule has 128 valence electrons. The van der Waals surface area contributed by atoms with Crippen molar-refractivity contribution in [3.05, 3.63) is 60.2 Å². The summed E-state index contributed by atoms with van der Waals surface area (Å²) in [6.07, 6.45) is 3.48. The normalized spacial score (nSPS) is 11.8. The van der Waals surface area contributed by atoms with Crippen LogP contribution < -0.4 is 5.32 Å². The van der Waals surface area contributed by atoms with Gasteiger partial charge in [0, 0.05) is 30.7 Å². The van der Waals surface area contributed by atoms with Gasteiger partial charge in [-0.25, -0.2) is 9.78 Å². The van der Waals surface area contributed by atoms with Crippen molar-refractivity contribution in [3.63, 3.8) is 0 Å². The van der Waals surface area contributed by atoms with E-state index in [1.807, 2.05) is 50.2 Å². The first kappa shape index (κ1) is 16.6. The Kier molecular flexibility index (Phi) is 4.74. The Morgan fingerprint density at radius 3 is 2.80 bits per heavy atom. The predicted octanol–water partition coefficient (Wildman–Crippen LogP) is 3.40. The number of benzene rings is 1. The maximum Gasteiger partial charge on any atom is 0.322 e. The first-order chi connectivity index (χ1) is 12.0. The second-order valence-corrected chi connectivity index (χ2v) is 5.83. The topological polar surface area (TPSA) is 86.8 Å². The molecule has 0 aliphatic rings. The van der Waals surface area contributed by atoms with Crippen molar-refractivity contribution >= 4 is 11.7 Å². The molecule has 1 aromatic carbocycles. The summed E-state index contributed by atoms with van der Waals surface area (Å²) in [7, 11) is 1.76. The van der Waals surface area contributed by atoms with Crippen LogP contribution in [0.3, 0.4) is 0 Å². The largest absolute Gasteiger partial charge is 0.322 e. The third-order valence-electron chi connectivity index (χ3n) is 4.04. The zero-order valence-electron chi connectivity index (χ0n) is 14.4. The minimum atomic E-state index is -0.195. The Labute approximate surface area is 146 Å². The van der Waals surface area contributed by atoms with Crippen molar-refractivity contribution < 1.29 is 4.79 Å². The average Bonchev–Trinajstić information content (AvgIpc) is 3.08. The van der Waals surface area contributed by atoms with E-state index in [1.165, 1.54) is 0 Å². The van der Waals surface area contributed by atoms with Gasteiger partial charge in [-0.05, 0) is 37.6 Å². The Hall–Kier alpha value is -3.22. The molecule has 0 spiro atoms. The third kappa shape index (κ3) is 3.82. The molecule has 0 fully saturated rings. The maximum atomic E-state index is 12.5. The van der Waals surface area contributed by atoms with Gasteiger partial charge in [-0.1, -0.05) is 18.2 Å². The molecule has 0 aliphatic heterocycles. The molecule has 2 aromatic heterocycles. The number of amides is 2. The van der Waals surface area contributed by atoms with Gasteiger partial charge in [0.05, 0.1) is 6.04 Å². The van der Waals surface area contributed by atoms with E-state index in [0.29, 0.717) is 11.5 Å². The van der Waals surface area contributed by atoms with Gasteiger partial charge < -0.3 is 10.2 Å². The van der Waals surface area contributed by atoms with Crippen molar-refractivity contribution in [1.82, 2.24) is 25.1 Å². The van der Waals surface area contributed by atoms with Crippen molar-refractivity contribution in [3.8, 4) is 11.4 Å². The first-order valence-electron chi connectivity index (χ1n) is 7.98. The molecule has 0 saturated heterocycles. The molecule has 25 heavy (non-hydrogen) atoms. The van der Waals surface area contributed by atoms with Gasteiger partial charge in [0.15, 0.2) is 5.82 Å². The number of hydrogen-bond donors (Lipinski definition) is 2. The van der Waals surface area contributed by atoms with Crippen LogP contribution in [0.15, 0.2) is 48.8 Å². The van der Waals surface area contributed by atoms with Gasteiger partial charge in [0.2, 0.25) is 0 Å². The van der Waals surface area contributed by atoms with E-state index in [1.54, 1.807) is 24.3 Å². The van der Waals surface area contributed by atoms with Crippen LogP contribution in [-0.4, -0.2) is 38.1 Å². The number of nitrogens with zero attached hydrogens (tertiary/aromatic N) is 4. The van der Waals surface area contributed by atoms with E-state index >= 15 is 0 Å². The Morgan fingerprint density at radius 2 is 2.12 bits per heavy atom. The lowest BCUT2D eigenvalue weighted by molar-refractivity contribution is 0.208. The van der Waals surface area contributed by atoms with Crippen LogP contribution in [0, 0.1) is 6.92 Å². The summed E-state index contributed by atoms with van der Waals surface area (Å²) in [5.74, 6) is 1.35. The second-order valence-electron chi connectivity index (χ2n) is 5.83. The standard InChI is InChI=1S/C18H20N6O/c1-12(15-7-5-9-19-11-15)24(3)18(25)21-16-8-4-6-14(10-16)17-20-13(2)22-23-17/h4-12H,1-3H3,(H,21,25)(H,20,22,23)/t12-/m1/s1. The summed E-state index contributed by atoms with van der Waals surface area (Å²) in [5.41, 5.74) is 2.50. The highest BCUT2D eigenvalue weighted by molar-refractivity contribution is 5.90. The van der Waals surface area contributed by atoms with Crippen molar-refractivity contribution in [2.75, 3.05) is 12.4 Å². The molecule has 0 saturated carbocycles. The number of aromatic nitrogens is 4. The van der Waals surface area contributed by atoms with Crippen LogP contribution >= 0.6 is 0 Å². The molecule has 2 heterocycles. The number of carbonyl (C=O) groups is 1. The number of anilines is 1. The van der Waals surface area contributed by atoms with E-state index in [4.69, 9.17) is 0 Å². The van der Waals surface area contributed by atoms with Crippen LogP contribution in [0.1, 0.15) is 24.4 Å². The van der Waals surface area contributed by atoms with E-state index < -0.39 is 0 Å². The van der Waals surface area contributed by atoms with Gasteiger partial charge in [-0.2, -0.15) is 5.10 Å². The van der Waals surface area contributed by atoms with Crippen LogP contribution in [0.5, 0.6) is 0 Å². The molecule has 7 heteroatoms. The predicted molar refractivity (Wildman–Crippen MR) is 96.0 cm³/mol. The lowest BCUT2D eigenvalue weighted by Gasteiger charge is -2.25. The zero-order chi connectivity index (χ0) is 17.8. The lowest BCUT2D eigenvalue weighted by Crippen LogP contribution is -2.33. The number of nitrogens with one attached hydrogen (secondary N) is 2. The Morgan fingerprint density at radius 1 is 1.28 bits per heavy atom. The number of rotatable bonds is 4. The fraction of sp³-hybridized carbons (Fsp3) is 0.222. The van der Waals surface area contributed by atoms with Crippen LogP contribution in [0.25, 0.3) is 11.4 Å². The minimum absolute atomic E-state index is 0.0902. The molecule has 3 aromatic rings. The van der Waals surface area contributed by atoms with Gasteiger partial charge >= 0.3 is 6.03 Å². The highest BCUT2D eigenvalue weighted by Crippen LogP contribution is 2.21. The summed E-state index contributed by atoms with van der Waals surface area (Å²) in [6, 6.07) is 11.0. The van der Waals surface area contributed by atoms with Gasteiger partial charge in [0.1, 0.15) is 5.82 Å².